The largest absolute Gasteiger partial charge is 0.353 e. The SMILES string of the molecule is O=C(CSc1nc2ccccc2c(=O)n1CC1CCC(C(=O)NCc2ccccc2)CC1)NC1CCCCC1. The highest BCUT2D eigenvalue weighted by Gasteiger charge is 2.27. The van der Waals surface area contributed by atoms with E-state index < -0.39 is 0 Å². The molecule has 0 radical (unpaired) electrons. The average molecular weight is 547 g/mol. The fourth-order valence-electron chi connectivity index (χ4n) is 5.86. The number of hydrogen-bond donors (Lipinski definition) is 2. The summed E-state index contributed by atoms with van der Waals surface area (Å²) >= 11 is 1.35. The first-order valence-corrected chi connectivity index (χ1v) is 15.3. The van der Waals surface area contributed by atoms with E-state index in [1.165, 1.54) is 31.0 Å². The number of thioether (sulfide) groups is 1. The van der Waals surface area contributed by atoms with Crippen LogP contribution in [0.5, 0.6) is 0 Å². The monoisotopic (exact) mass is 546 g/mol. The zero-order valence-electron chi connectivity index (χ0n) is 22.4. The zero-order valence-corrected chi connectivity index (χ0v) is 23.3. The van der Waals surface area contributed by atoms with Gasteiger partial charge in [-0.15, -0.1) is 0 Å². The van der Waals surface area contributed by atoms with Gasteiger partial charge in [0.05, 0.1) is 16.7 Å². The van der Waals surface area contributed by atoms with E-state index in [-0.39, 0.29) is 35.1 Å². The quantitative estimate of drug-likeness (QED) is 0.289. The number of amides is 2. The molecule has 2 saturated carbocycles. The Morgan fingerprint density at radius 1 is 0.897 bits per heavy atom. The number of carbonyl (C=O) groups is 2. The van der Waals surface area contributed by atoms with Crippen molar-refractivity contribution in [3.8, 4) is 0 Å². The van der Waals surface area contributed by atoms with Gasteiger partial charge >= 0.3 is 0 Å². The number of para-hydroxylation sites is 1. The number of rotatable bonds is 9. The average Bonchev–Trinajstić information content (AvgIpc) is 2.98. The molecule has 0 bridgehead atoms. The summed E-state index contributed by atoms with van der Waals surface area (Å²) in [5.41, 5.74) is 1.70. The second kappa shape index (κ2) is 13.3. The van der Waals surface area contributed by atoms with E-state index in [4.69, 9.17) is 4.98 Å². The van der Waals surface area contributed by atoms with Crippen LogP contribution in [0.3, 0.4) is 0 Å². The number of hydrogen-bond acceptors (Lipinski definition) is 5. The van der Waals surface area contributed by atoms with Gasteiger partial charge in [0.2, 0.25) is 11.8 Å². The van der Waals surface area contributed by atoms with E-state index in [1.54, 1.807) is 4.57 Å². The van der Waals surface area contributed by atoms with Crippen molar-refractivity contribution in [2.75, 3.05) is 5.75 Å². The number of nitrogens with zero attached hydrogens (tertiary/aromatic N) is 2. The molecule has 0 atom stereocenters. The van der Waals surface area contributed by atoms with Crippen molar-refractivity contribution in [3.63, 3.8) is 0 Å². The van der Waals surface area contributed by atoms with Gasteiger partial charge in [0.15, 0.2) is 5.16 Å². The summed E-state index contributed by atoms with van der Waals surface area (Å²) < 4.78 is 1.77. The van der Waals surface area contributed by atoms with Crippen LogP contribution in [-0.2, 0) is 22.7 Å². The molecule has 3 aromatic rings. The molecular weight excluding hydrogens is 508 g/mol. The molecule has 1 heterocycles. The van der Waals surface area contributed by atoms with Crippen LogP contribution in [0.1, 0.15) is 63.4 Å². The lowest BCUT2D eigenvalue weighted by Crippen LogP contribution is -2.37. The normalized spacial score (nSPS) is 20.0. The topological polar surface area (TPSA) is 93.1 Å². The third kappa shape index (κ3) is 7.29. The van der Waals surface area contributed by atoms with Gasteiger partial charge in [0.1, 0.15) is 0 Å². The van der Waals surface area contributed by atoms with E-state index in [9.17, 15) is 14.4 Å². The maximum Gasteiger partial charge on any atom is 0.262 e. The predicted octanol–water partition coefficient (Wildman–Crippen LogP) is 5.06. The lowest BCUT2D eigenvalue weighted by molar-refractivity contribution is -0.126. The van der Waals surface area contributed by atoms with E-state index >= 15 is 0 Å². The number of carbonyl (C=O) groups excluding carboxylic acids is 2. The summed E-state index contributed by atoms with van der Waals surface area (Å²) in [6, 6.07) is 17.6. The summed E-state index contributed by atoms with van der Waals surface area (Å²) in [4.78, 5) is 43.8. The van der Waals surface area contributed by atoms with Gasteiger partial charge in [-0.25, -0.2) is 4.98 Å². The third-order valence-corrected chi connectivity index (χ3v) is 9.07. The standard InChI is InChI=1S/C31H38N4O3S/c36-28(33-25-11-5-2-6-12-25)21-39-31-34-27-14-8-7-13-26(27)30(38)35(31)20-23-15-17-24(18-16-23)29(37)32-19-22-9-3-1-4-10-22/h1,3-4,7-10,13-14,23-25H,2,5-6,11-12,15-21H2,(H,32,37)(H,33,36). The Balaban J connectivity index is 1.21. The molecule has 2 amide bonds. The Kier molecular flexibility index (Phi) is 9.35. The lowest BCUT2D eigenvalue weighted by Gasteiger charge is -2.28. The molecule has 2 N–H and O–H groups in total. The number of nitrogens with one attached hydrogen (secondary N) is 2. The van der Waals surface area contributed by atoms with Gasteiger partial charge in [-0.2, -0.15) is 0 Å². The van der Waals surface area contributed by atoms with E-state index in [0.717, 1.165) is 44.1 Å². The van der Waals surface area contributed by atoms with Crippen LogP contribution in [0.25, 0.3) is 10.9 Å². The highest BCUT2D eigenvalue weighted by atomic mass is 32.2. The van der Waals surface area contributed by atoms with Gasteiger partial charge in [-0.3, -0.25) is 19.0 Å². The predicted molar refractivity (Wildman–Crippen MR) is 155 cm³/mol. The molecule has 39 heavy (non-hydrogen) atoms. The molecule has 1 aromatic heterocycles. The van der Waals surface area contributed by atoms with Crippen LogP contribution < -0.4 is 16.2 Å². The van der Waals surface area contributed by atoms with Crippen LogP contribution in [0.4, 0.5) is 0 Å². The van der Waals surface area contributed by atoms with Crippen molar-refractivity contribution >= 4 is 34.5 Å². The number of aromatic nitrogens is 2. The molecule has 0 unspecified atom stereocenters. The highest BCUT2D eigenvalue weighted by Crippen LogP contribution is 2.31. The van der Waals surface area contributed by atoms with Gasteiger partial charge in [0.25, 0.3) is 5.56 Å². The Morgan fingerprint density at radius 2 is 1.62 bits per heavy atom. The summed E-state index contributed by atoms with van der Waals surface area (Å²) in [7, 11) is 0. The first-order chi connectivity index (χ1) is 19.1. The first-order valence-electron chi connectivity index (χ1n) is 14.3. The molecule has 206 valence electrons. The highest BCUT2D eigenvalue weighted by molar-refractivity contribution is 7.99. The van der Waals surface area contributed by atoms with Crippen LogP contribution in [0.2, 0.25) is 0 Å². The molecule has 0 aliphatic heterocycles. The molecule has 2 aromatic carbocycles. The fraction of sp³-hybridized carbons (Fsp3) is 0.484. The van der Waals surface area contributed by atoms with Gasteiger partial charge in [-0.05, 0) is 62.1 Å². The van der Waals surface area contributed by atoms with Crippen molar-refractivity contribution in [1.29, 1.82) is 0 Å². The Bertz CT molecular complexity index is 1330. The molecule has 2 aliphatic rings. The Morgan fingerprint density at radius 3 is 2.38 bits per heavy atom. The fourth-order valence-corrected chi connectivity index (χ4v) is 6.68. The number of benzene rings is 2. The lowest BCUT2D eigenvalue weighted by atomic mass is 9.81. The first kappa shape index (κ1) is 27.4. The maximum absolute atomic E-state index is 13.5. The van der Waals surface area contributed by atoms with Gasteiger partial charge in [0, 0.05) is 25.0 Å². The molecule has 0 spiro atoms. The summed E-state index contributed by atoms with van der Waals surface area (Å²) in [5.74, 6) is 0.660. The van der Waals surface area contributed by atoms with Crippen LogP contribution >= 0.6 is 11.8 Å². The summed E-state index contributed by atoms with van der Waals surface area (Å²) in [6.07, 6.45) is 9.06. The minimum Gasteiger partial charge on any atom is -0.353 e. The van der Waals surface area contributed by atoms with E-state index in [0.29, 0.717) is 35.1 Å². The molecule has 8 heteroatoms. The van der Waals surface area contributed by atoms with Crippen molar-refractivity contribution in [3.05, 3.63) is 70.5 Å². The molecule has 2 aliphatic carbocycles. The Labute approximate surface area is 234 Å². The minimum atomic E-state index is -0.0569. The van der Waals surface area contributed by atoms with Crippen LogP contribution in [0, 0.1) is 11.8 Å². The summed E-state index contributed by atoms with van der Waals surface area (Å²) in [5, 5.41) is 7.44. The van der Waals surface area contributed by atoms with Crippen molar-refractivity contribution in [2.45, 2.75) is 82.1 Å². The van der Waals surface area contributed by atoms with Crippen LogP contribution in [-0.4, -0.2) is 33.2 Å². The third-order valence-electron chi connectivity index (χ3n) is 8.10. The number of fused-ring (bicyclic) bond motifs is 1. The summed E-state index contributed by atoms with van der Waals surface area (Å²) in [6.45, 7) is 1.11. The second-order valence-corrected chi connectivity index (χ2v) is 11.9. The molecule has 2 fully saturated rings. The second-order valence-electron chi connectivity index (χ2n) is 10.9. The molecular formula is C31H38N4O3S. The van der Waals surface area contributed by atoms with Crippen molar-refractivity contribution in [2.24, 2.45) is 11.8 Å². The smallest absolute Gasteiger partial charge is 0.262 e. The zero-order chi connectivity index (χ0) is 27.0. The van der Waals surface area contributed by atoms with Crippen molar-refractivity contribution < 1.29 is 9.59 Å². The molecule has 7 nitrogen and oxygen atoms in total. The Hall–Kier alpha value is -3.13. The molecule has 5 rings (SSSR count). The minimum absolute atomic E-state index is 0.00267. The van der Waals surface area contributed by atoms with E-state index in [1.807, 2.05) is 54.6 Å². The van der Waals surface area contributed by atoms with Crippen LogP contribution in [0.15, 0.2) is 64.5 Å². The van der Waals surface area contributed by atoms with E-state index in [2.05, 4.69) is 10.6 Å². The van der Waals surface area contributed by atoms with Gasteiger partial charge < -0.3 is 10.6 Å². The van der Waals surface area contributed by atoms with Gasteiger partial charge in [-0.1, -0.05) is 73.5 Å². The molecule has 0 saturated heterocycles. The maximum atomic E-state index is 13.5. The van der Waals surface area contributed by atoms with Crippen molar-refractivity contribution in [1.82, 2.24) is 20.2 Å².